The van der Waals surface area contributed by atoms with Gasteiger partial charge >= 0.3 is 0 Å². The Labute approximate surface area is 190 Å². The van der Waals surface area contributed by atoms with Crippen LogP contribution in [0.3, 0.4) is 0 Å². The molecular weight excluding hydrogens is 426 g/mol. The van der Waals surface area contributed by atoms with E-state index >= 15 is 0 Å². The second kappa shape index (κ2) is 9.02. The molecule has 0 unspecified atom stereocenters. The molecule has 3 aromatic rings. The number of thiophene rings is 1. The van der Waals surface area contributed by atoms with Gasteiger partial charge in [-0.2, -0.15) is 0 Å². The third-order valence-electron chi connectivity index (χ3n) is 5.66. The first kappa shape index (κ1) is 20.5. The number of para-hydroxylation sites is 1. The molecule has 1 atom stereocenters. The van der Waals surface area contributed by atoms with Gasteiger partial charge in [-0.05, 0) is 55.1 Å². The van der Waals surface area contributed by atoms with Crippen molar-refractivity contribution in [1.29, 1.82) is 0 Å². The number of fused-ring (bicyclic) bond motifs is 1. The first-order valence-electron chi connectivity index (χ1n) is 10.5. The van der Waals surface area contributed by atoms with E-state index in [1.54, 1.807) is 53.8 Å². The maximum Gasteiger partial charge on any atom is 0.257 e. The summed E-state index contributed by atoms with van der Waals surface area (Å²) in [7, 11) is 0. The highest BCUT2D eigenvalue weighted by Crippen LogP contribution is 2.35. The third-order valence-corrected chi connectivity index (χ3v) is 6.63. The van der Waals surface area contributed by atoms with Gasteiger partial charge in [0.2, 0.25) is 12.7 Å². The zero-order chi connectivity index (χ0) is 21.9. The summed E-state index contributed by atoms with van der Waals surface area (Å²) in [6, 6.07) is 16.7. The fourth-order valence-electron chi connectivity index (χ4n) is 4.16. The van der Waals surface area contributed by atoms with Gasteiger partial charge in [-0.25, -0.2) is 0 Å². The number of carbonyl (C=O) groups is 2. The van der Waals surface area contributed by atoms with Gasteiger partial charge < -0.3 is 20.1 Å². The summed E-state index contributed by atoms with van der Waals surface area (Å²) in [6.45, 7) is 1.36. The van der Waals surface area contributed by atoms with E-state index in [4.69, 9.17) is 9.47 Å². The summed E-state index contributed by atoms with van der Waals surface area (Å²) in [6.07, 6.45) is 2.13. The predicted octanol–water partition coefficient (Wildman–Crippen LogP) is 4.50. The Hall–Kier alpha value is -3.36. The number of hydrogen-bond acceptors (Lipinski definition) is 6. The Bertz CT molecular complexity index is 1130. The normalized spacial score (nSPS) is 17.3. The van der Waals surface area contributed by atoms with E-state index in [0.717, 1.165) is 19.4 Å². The summed E-state index contributed by atoms with van der Waals surface area (Å²) >= 11 is 1.73. The zero-order valence-corrected chi connectivity index (χ0v) is 18.2. The fraction of sp³-hybridized carbons (Fsp3) is 0.250. The van der Waals surface area contributed by atoms with Crippen molar-refractivity contribution in [3.63, 3.8) is 0 Å². The Morgan fingerprint density at radius 2 is 1.91 bits per heavy atom. The standard InChI is InChI=1S/C24H23N3O4S/c28-23(14-27-11-3-7-19(27)22-8-4-12-32-22)26-18-6-2-1-5-17(18)24(29)25-16-9-10-20-21(13-16)31-15-30-20/h1-2,4-6,8-10,12-13,19H,3,7,11,14-15H2,(H,25,29)(H,26,28)/t19-/m0/s1. The number of likely N-dealkylation sites (tertiary alicyclic amines) is 1. The summed E-state index contributed by atoms with van der Waals surface area (Å²) in [4.78, 5) is 29.3. The average molecular weight is 450 g/mol. The number of carbonyl (C=O) groups excluding carboxylic acids is 2. The van der Waals surface area contributed by atoms with Crippen molar-refractivity contribution < 1.29 is 19.1 Å². The van der Waals surface area contributed by atoms with Crippen molar-refractivity contribution in [2.24, 2.45) is 0 Å². The molecule has 2 aliphatic heterocycles. The molecule has 2 N–H and O–H groups in total. The van der Waals surface area contributed by atoms with Crippen molar-refractivity contribution in [1.82, 2.24) is 4.90 Å². The summed E-state index contributed by atoms with van der Waals surface area (Å²) in [5.74, 6) is 0.808. The molecule has 2 amide bonds. The van der Waals surface area contributed by atoms with Gasteiger partial charge in [-0.1, -0.05) is 18.2 Å². The van der Waals surface area contributed by atoms with E-state index in [9.17, 15) is 9.59 Å². The smallest absolute Gasteiger partial charge is 0.257 e. The molecule has 0 aliphatic carbocycles. The maximum absolute atomic E-state index is 12.9. The highest BCUT2D eigenvalue weighted by Gasteiger charge is 2.28. The fourth-order valence-corrected chi connectivity index (χ4v) is 5.05. The molecule has 2 aromatic carbocycles. The Kier molecular flexibility index (Phi) is 5.79. The molecule has 0 spiro atoms. The van der Waals surface area contributed by atoms with Crippen LogP contribution in [0, 0.1) is 0 Å². The molecule has 164 valence electrons. The number of nitrogens with one attached hydrogen (secondary N) is 2. The molecule has 7 nitrogen and oxygen atoms in total. The minimum atomic E-state index is -0.308. The van der Waals surface area contributed by atoms with E-state index in [0.29, 0.717) is 35.0 Å². The SMILES string of the molecule is O=C(CN1CCC[C@H]1c1cccs1)Nc1ccccc1C(=O)Nc1ccc2c(c1)OCO2. The van der Waals surface area contributed by atoms with Crippen molar-refractivity contribution in [3.05, 3.63) is 70.4 Å². The van der Waals surface area contributed by atoms with Gasteiger partial charge in [0, 0.05) is 22.7 Å². The van der Waals surface area contributed by atoms with Gasteiger partial charge in [0.15, 0.2) is 11.5 Å². The van der Waals surface area contributed by atoms with Crippen LogP contribution in [-0.2, 0) is 4.79 Å². The number of rotatable bonds is 6. The van der Waals surface area contributed by atoms with Crippen LogP contribution in [0.1, 0.15) is 34.1 Å². The highest BCUT2D eigenvalue weighted by atomic mass is 32.1. The lowest BCUT2D eigenvalue weighted by Crippen LogP contribution is -2.33. The van der Waals surface area contributed by atoms with Crippen molar-refractivity contribution in [2.45, 2.75) is 18.9 Å². The Morgan fingerprint density at radius 1 is 1.03 bits per heavy atom. The summed E-state index contributed by atoms with van der Waals surface area (Å²) < 4.78 is 10.7. The van der Waals surface area contributed by atoms with Gasteiger partial charge in [-0.3, -0.25) is 14.5 Å². The molecule has 2 aliphatic rings. The largest absolute Gasteiger partial charge is 0.454 e. The summed E-state index contributed by atoms with van der Waals surface area (Å²) in [5.41, 5.74) is 1.48. The van der Waals surface area contributed by atoms with Crippen LogP contribution >= 0.6 is 11.3 Å². The maximum atomic E-state index is 12.9. The number of nitrogens with zero attached hydrogens (tertiary/aromatic N) is 1. The molecule has 32 heavy (non-hydrogen) atoms. The highest BCUT2D eigenvalue weighted by molar-refractivity contribution is 7.10. The van der Waals surface area contributed by atoms with Crippen LogP contribution in [0.2, 0.25) is 0 Å². The Balaban J connectivity index is 1.26. The minimum absolute atomic E-state index is 0.128. The Morgan fingerprint density at radius 3 is 2.78 bits per heavy atom. The zero-order valence-electron chi connectivity index (χ0n) is 17.4. The van der Waals surface area contributed by atoms with E-state index in [1.807, 2.05) is 6.07 Å². The molecule has 1 aromatic heterocycles. The molecule has 1 saturated heterocycles. The van der Waals surface area contributed by atoms with Gasteiger partial charge in [-0.15, -0.1) is 11.3 Å². The van der Waals surface area contributed by atoms with Crippen LogP contribution in [0.5, 0.6) is 11.5 Å². The van der Waals surface area contributed by atoms with Crippen LogP contribution < -0.4 is 20.1 Å². The monoisotopic (exact) mass is 449 g/mol. The topological polar surface area (TPSA) is 79.9 Å². The number of ether oxygens (including phenoxy) is 2. The van der Waals surface area contributed by atoms with Crippen LogP contribution in [0.15, 0.2) is 60.0 Å². The lowest BCUT2D eigenvalue weighted by molar-refractivity contribution is -0.117. The molecule has 8 heteroatoms. The first-order valence-corrected chi connectivity index (χ1v) is 11.4. The number of anilines is 2. The number of benzene rings is 2. The van der Waals surface area contributed by atoms with Crippen LogP contribution in [0.4, 0.5) is 11.4 Å². The van der Waals surface area contributed by atoms with Gasteiger partial charge in [0.05, 0.1) is 17.8 Å². The van der Waals surface area contributed by atoms with E-state index < -0.39 is 0 Å². The van der Waals surface area contributed by atoms with Crippen LogP contribution in [0.25, 0.3) is 0 Å². The minimum Gasteiger partial charge on any atom is -0.454 e. The van der Waals surface area contributed by atoms with Gasteiger partial charge in [0.25, 0.3) is 5.91 Å². The second-order valence-electron chi connectivity index (χ2n) is 7.76. The molecular formula is C24H23N3O4S. The average Bonchev–Trinajstić information content (AvgIpc) is 3.55. The molecule has 3 heterocycles. The van der Waals surface area contributed by atoms with Gasteiger partial charge in [0.1, 0.15) is 0 Å². The molecule has 0 bridgehead atoms. The lowest BCUT2D eigenvalue weighted by atomic mass is 10.1. The van der Waals surface area contributed by atoms with E-state index in [1.165, 1.54) is 4.88 Å². The van der Waals surface area contributed by atoms with E-state index in [-0.39, 0.29) is 24.6 Å². The third kappa shape index (κ3) is 4.32. The second-order valence-corrected chi connectivity index (χ2v) is 8.74. The van der Waals surface area contributed by atoms with Crippen molar-refractivity contribution in [2.75, 3.05) is 30.5 Å². The molecule has 5 rings (SSSR count). The number of hydrogen-bond donors (Lipinski definition) is 2. The summed E-state index contributed by atoms with van der Waals surface area (Å²) in [5, 5.41) is 7.86. The quantitative estimate of drug-likeness (QED) is 0.579. The molecule has 1 fully saturated rings. The molecule has 0 saturated carbocycles. The van der Waals surface area contributed by atoms with Crippen molar-refractivity contribution in [3.8, 4) is 11.5 Å². The first-order chi connectivity index (χ1) is 15.7. The lowest BCUT2D eigenvalue weighted by Gasteiger charge is -2.23. The van der Waals surface area contributed by atoms with Crippen LogP contribution in [-0.4, -0.2) is 36.6 Å². The molecule has 0 radical (unpaired) electrons. The number of amides is 2. The van der Waals surface area contributed by atoms with E-state index in [2.05, 4.69) is 27.0 Å². The predicted molar refractivity (Wildman–Crippen MR) is 123 cm³/mol. The van der Waals surface area contributed by atoms with Crippen molar-refractivity contribution >= 4 is 34.5 Å².